The summed E-state index contributed by atoms with van der Waals surface area (Å²) in [4.78, 5) is 20.3. The fourth-order valence-electron chi connectivity index (χ4n) is 0.909. The second-order valence-electron chi connectivity index (χ2n) is 2.75. The Balaban J connectivity index is 0. The maximum Gasteiger partial charge on any atom is 2.00 e. The molecule has 0 saturated carbocycles. The molecule has 0 N–H and O–H groups in total. The SMILES string of the molecule is CCCCCCCP(=O)([O-])[O-].[Ni+2]. The summed E-state index contributed by atoms with van der Waals surface area (Å²) in [5.41, 5.74) is 0. The summed E-state index contributed by atoms with van der Waals surface area (Å²) in [6.45, 7) is 2.09. The van der Waals surface area contributed by atoms with E-state index in [1.165, 1.54) is 0 Å². The van der Waals surface area contributed by atoms with Gasteiger partial charge in [-0.3, -0.25) is 0 Å². The Hall–Kier alpha value is 0.644. The molecular weight excluding hydrogens is 222 g/mol. The van der Waals surface area contributed by atoms with Crippen LogP contribution in [-0.2, 0) is 21.1 Å². The van der Waals surface area contributed by atoms with E-state index in [0.29, 0.717) is 6.42 Å². The third-order valence-electron chi connectivity index (χ3n) is 1.54. The van der Waals surface area contributed by atoms with Crippen LogP contribution in [-0.4, -0.2) is 6.16 Å². The van der Waals surface area contributed by atoms with Crippen LogP contribution in [0.2, 0.25) is 0 Å². The number of hydrogen-bond acceptors (Lipinski definition) is 3. The Morgan fingerprint density at radius 1 is 1.08 bits per heavy atom. The number of unbranched alkanes of at least 4 members (excludes halogenated alkanes) is 4. The van der Waals surface area contributed by atoms with Gasteiger partial charge in [0.05, 0.1) is 0 Å². The zero-order valence-corrected chi connectivity index (χ0v) is 9.11. The molecule has 0 rings (SSSR count). The molecule has 0 unspecified atom stereocenters. The van der Waals surface area contributed by atoms with Crippen molar-refractivity contribution < 1.29 is 30.8 Å². The second-order valence-corrected chi connectivity index (χ2v) is 4.42. The Morgan fingerprint density at radius 2 is 1.58 bits per heavy atom. The van der Waals surface area contributed by atoms with Gasteiger partial charge in [0.2, 0.25) is 0 Å². The quantitative estimate of drug-likeness (QED) is 0.391. The molecule has 0 aromatic rings. The van der Waals surface area contributed by atoms with Gasteiger partial charge in [0, 0.05) is 0 Å². The molecule has 0 fully saturated rings. The van der Waals surface area contributed by atoms with Crippen LogP contribution in [0.4, 0.5) is 0 Å². The van der Waals surface area contributed by atoms with Crippen molar-refractivity contribution in [1.29, 1.82) is 0 Å². The predicted octanol–water partition coefficient (Wildman–Crippen LogP) is 0.868. The third kappa shape index (κ3) is 13.2. The molecule has 0 atom stereocenters. The van der Waals surface area contributed by atoms with Crippen LogP contribution in [0.15, 0.2) is 0 Å². The molecule has 0 aliphatic rings. The van der Waals surface area contributed by atoms with Crippen molar-refractivity contribution in [1.82, 2.24) is 0 Å². The number of hydrogen-bond donors (Lipinski definition) is 0. The van der Waals surface area contributed by atoms with Crippen LogP contribution in [0.3, 0.4) is 0 Å². The van der Waals surface area contributed by atoms with Gasteiger partial charge < -0.3 is 14.4 Å². The van der Waals surface area contributed by atoms with Crippen LogP contribution in [0, 0.1) is 0 Å². The van der Waals surface area contributed by atoms with Gasteiger partial charge in [-0.2, -0.15) is 0 Å². The summed E-state index contributed by atoms with van der Waals surface area (Å²) >= 11 is 0. The van der Waals surface area contributed by atoms with E-state index in [4.69, 9.17) is 0 Å². The van der Waals surface area contributed by atoms with Gasteiger partial charge in [-0.25, -0.2) is 0 Å². The van der Waals surface area contributed by atoms with E-state index in [1.54, 1.807) is 0 Å². The molecule has 0 spiro atoms. The fraction of sp³-hybridized carbons (Fsp3) is 1.00. The summed E-state index contributed by atoms with van der Waals surface area (Å²) in [6.07, 6.45) is 4.52. The van der Waals surface area contributed by atoms with Crippen LogP contribution >= 0.6 is 7.60 Å². The van der Waals surface area contributed by atoms with Crippen LogP contribution in [0.5, 0.6) is 0 Å². The standard InChI is InChI=1S/C7H17O3P.Ni/c1-2-3-4-5-6-7-11(8,9)10;/h2-7H2,1H3,(H2,8,9,10);/q;+2/p-2. The molecule has 0 amide bonds. The van der Waals surface area contributed by atoms with E-state index in [1.807, 2.05) is 0 Å². The van der Waals surface area contributed by atoms with Gasteiger partial charge in [0.1, 0.15) is 0 Å². The van der Waals surface area contributed by atoms with Crippen molar-refractivity contribution in [3.8, 4) is 0 Å². The van der Waals surface area contributed by atoms with E-state index in [-0.39, 0.29) is 22.7 Å². The second kappa shape index (κ2) is 8.25. The van der Waals surface area contributed by atoms with Gasteiger partial charge >= 0.3 is 16.5 Å². The Labute approximate surface area is 84.0 Å². The van der Waals surface area contributed by atoms with Crippen LogP contribution < -0.4 is 9.79 Å². The molecule has 0 aromatic carbocycles. The summed E-state index contributed by atoms with van der Waals surface area (Å²) < 4.78 is 10.1. The average Bonchev–Trinajstić information content (AvgIpc) is 1.85. The first-order valence-corrected chi connectivity index (χ1v) is 5.80. The molecule has 0 radical (unpaired) electrons. The van der Waals surface area contributed by atoms with E-state index >= 15 is 0 Å². The third-order valence-corrected chi connectivity index (χ3v) is 2.40. The summed E-state index contributed by atoms with van der Waals surface area (Å²) in [5, 5.41) is 0. The van der Waals surface area contributed by atoms with Crippen molar-refractivity contribution in [2.24, 2.45) is 0 Å². The van der Waals surface area contributed by atoms with Crippen molar-refractivity contribution in [3.05, 3.63) is 0 Å². The van der Waals surface area contributed by atoms with Crippen molar-refractivity contribution in [2.75, 3.05) is 6.16 Å². The minimum absolute atomic E-state index is 0. The molecule has 12 heavy (non-hydrogen) atoms. The fourth-order valence-corrected chi connectivity index (χ4v) is 1.52. The minimum Gasteiger partial charge on any atom is -0.811 e. The Morgan fingerprint density at radius 3 is 2.00 bits per heavy atom. The Kier molecular flexibility index (Phi) is 10.4. The van der Waals surface area contributed by atoms with E-state index in [0.717, 1.165) is 25.7 Å². The predicted molar refractivity (Wildman–Crippen MR) is 41.2 cm³/mol. The zero-order chi connectivity index (χ0) is 8.74. The first-order chi connectivity index (χ1) is 5.06. The maximum atomic E-state index is 10.1. The molecular formula is C7H15NiO3P. The molecule has 3 nitrogen and oxygen atoms in total. The molecule has 0 saturated heterocycles. The smallest absolute Gasteiger partial charge is 0.811 e. The van der Waals surface area contributed by atoms with Gasteiger partial charge in [-0.1, -0.05) is 40.2 Å². The molecule has 0 bridgehead atoms. The molecule has 0 aliphatic heterocycles. The number of rotatable bonds is 6. The summed E-state index contributed by atoms with van der Waals surface area (Å²) in [5.74, 6) is 0. The van der Waals surface area contributed by atoms with Gasteiger partial charge in [-0.15, -0.1) is 0 Å². The van der Waals surface area contributed by atoms with Crippen molar-refractivity contribution in [3.63, 3.8) is 0 Å². The van der Waals surface area contributed by atoms with E-state index in [9.17, 15) is 14.4 Å². The van der Waals surface area contributed by atoms with Gasteiger partial charge in [0.15, 0.2) is 0 Å². The summed E-state index contributed by atoms with van der Waals surface area (Å²) in [7, 11) is -4.21. The van der Waals surface area contributed by atoms with Crippen LogP contribution in [0.25, 0.3) is 0 Å². The zero-order valence-electron chi connectivity index (χ0n) is 7.23. The first kappa shape index (κ1) is 15.1. The molecule has 0 aromatic heterocycles. The maximum absolute atomic E-state index is 10.1. The molecule has 5 heteroatoms. The minimum atomic E-state index is -4.21. The van der Waals surface area contributed by atoms with Gasteiger partial charge in [-0.05, 0) is 12.6 Å². The van der Waals surface area contributed by atoms with Gasteiger partial charge in [0.25, 0.3) is 0 Å². The molecule has 0 aliphatic carbocycles. The average molecular weight is 237 g/mol. The van der Waals surface area contributed by atoms with E-state index in [2.05, 4.69) is 6.92 Å². The van der Waals surface area contributed by atoms with Crippen molar-refractivity contribution in [2.45, 2.75) is 39.0 Å². The molecule has 76 valence electrons. The van der Waals surface area contributed by atoms with Crippen LogP contribution in [0.1, 0.15) is 39.0 Å². The Bertz CT molecular complexity index is 135. The van der Waals surface area contributed by atoms with E-state index < -0.39 is 7.60 Å². The van der Waals surface area contributed by atoms with Crippen molar-refractivity contribution >= 4 is 7.60 Å². The monoisotopic (exact) mass is 236 g/mol. The molecule has 0 heterocycles. The summed E-state index contributed by atoms with van der Waals surface area (Å²) in [6, 6.07) is 0. The first-order valence-electron chi connectivity index (χ1n) is 4.07. The topological polar surface area (TPSA) is 63.2 Å². The normalized spacial score (nSPS) is 10.9. The largest absolute Gasteiger partial charge is 2.00 e.